The number of Topliss-reactive ketones (excluding diaryl/α,β-unsaturated/α-hetero) is 1. The van der Waals surface area contributed by atoms with Crippen molar-refractivity contribution in [1.82, 2.24) is 4.98 Å². The van der Waals surface area contributed by atoms with Crippen molar-refractivity contribution < 1.29 is 14.3 Å². The predicted octanol–water partition coefficient (Wildman–Crippen LogP) is 3.38. The number of anilines is 2. The summed E-state index contributed by atoms with van der Waals surface area (Å²) in [5.41, 5.74) is 1.65. The van der Waals surface area contributed by atoms with E-state index in [0.717, 1.165) is 43.2 Å². The van der Waals surface area contributed by atoms with Gasteiger partial charge in [0.25, 0.3) is 0 Å². The van der Waals surface area contributed by atoms with Gasteiger partial charge in [-0.2, -0.15) is 0 Å². The van der Waals surface area contributed by atoms with Crippen LogP contribution in [0.3, 0.4) is 0 Å². The molecule has 0 bridgehead atoms. The van der Waals surface area contributed by atoms with Gasteiger partial charge in [-0.05, 0) is 44.0 Å². The minimum atomic E-state index is 0.0377. The molecule has 1 saturated heterocycles. The molecule has 6 heteroatoms. The number of nitrogens with one attached hydrogen (secondary N) is 1. The first-order chi connectivity index (χ1) is 12.6. The van der Waals surface area contributed by atoms with Crippen LogP contribution in [0.25, 0.3) is 0 Å². The predicted molar refractivity (Wildman–Crippen MR) is 103 cm³/mol. The number of piperidine rings is 1. The van der Waals surface area contributed by atoms with Crippen molar-refractivity contribution in [1.29, 1.82) is 0 Å². The molecule has 1 fully saturated rings. The lowest BCUT2D eigenvalue weighted by molar-refractivity contribution is 0.101. The molecular formula is C20H25N3O3. The third-order valence-electron chi connectivity index (χ3n) is 4.65. The highest BCUT2D eigenvalue weighted by Crippen LogP contribution is 2.30. The van der Waals surface area contributed by atoms with Gasteiger partial charge in [-0.3, -0.25) is 4.79 Å². The second-order valence-corrected chi connectivity index (χ2v) is 6.46. The summed E-state index contributed by atoms with van der Waals surface area (Å²) in [6.45, 7) is 3.39. The number of nitrogens with zero attached hydrogens (tertiary/aromatic N) is 2. The zero-order chi connectivity index (χ0) is 18.5. The quantitative estimate of drug-likeness (QED) is 0.802. The number of hydrogen-bond acceptors (Lipinski definition) is 6. The maximum absolute atomic E-state index is 11.4. The lowest BCUT2D eigenvalue weighted by atomic mass is 10.0. The van der Waals surface area contributed by atoms with Crippen molar-refractivity contribution in [2.75, 3.05) is 37.5 Å². The molecule has 1 aromatic heterocycles. The minimum absolute atomic E-state index is 0.0377. The molecule has 0 spiro atoms. The van der Waals surface area contributed by atoms with Crippen molar-refractivity contribution in [3.8, 4) is 11.5 Å². The van der Waals surface area contributed by atoms with Gasteiger partial charge in [0.1, 0.15) is 5.82 Å². The van der Waals surface area contributed by atoms with Crippen molar-refractivity contribution in [2.45, 2.75) is 25.8 Å². The molecule has 0 saturated carbocycles. The number of pyridine rings is 1. The Balaban J connectivity index is 1.67. The van der Waals surface area contributed by atoms with E-state index < -0.39 is 0 Å². The molecule has 26 heavy (non-hydrogen) atoms. The topological polar surface area (TPSA) is 63.7 Å². The monoisotopic (exact) mass is 355 g/mol. The second kappa shape index (κ2) is 8.08. The SMILES string of the molecule is COc1ccc(N[C@@H]2CCCN(c3ccc(C(C)=O)cn3)C2)cc1OC. The van der Waals surface area contributed by atoms with E-state index in [1.54, 1.807) is 27.3 Å². The molecule has 0 unspecified atom stereocenters. The summed E-state index contributed by atoms with van der Waals surface area (Å²) >= 11 is 0. The highest BCUT2D eigenvalue weighted by atomic mass is 16.5. The fraction of sp³-hybridized carbons (Fsp3) is 0.400. The largest absolute Gasteiger partial charge is 0.493 e. The maximum Gasteiger partial charge on any atom is 0.162 e. The zero-order valence-corrected chi connectivity index (χ0v) is 15.5. The Morgan fingerprint density at radius 1 is 1.19 bits per heavy atom. The molecule has 6 nitrogen and oxygen atoms in total. The summed E-state index contributed by atoms with van der Waals surface area (Å²) in [4.78, 5) is 18.1. The van der Waals surface area contributed by atoms with E-state index in [0.29, 0.717) is 17.4 Å². The number of methoxy groups -OCH3 is 2. The number of benzene rings is 1. The number of ketones is 1. The van der Waals surface area contributed by atoms with Gasteiger partial charge in [0.05, 0.1) is 14.2 Å². The molecule has 2 aromatic rings. The summed E-state index contributed by atoms with van der Waals surface area (Å²) in [6, 6.07) is 9.95. The lowest BCUT2D eigenvalue weighted by Gasteiger charge is -2.34. The highest BCUT2D eigenvalue weighted by Gasteiger charge is 2.21. The first-order valence-electron chi connectivity index (χ1n) is 8.81. The number of carbonyl (C=O) groups is 1. The van der Waals surface area contributed by atoms with Gasteiger partial charge < -0.3 is 19.7 Å². The fourth-order valence-electron chi connectivity index (χ4n) is 3.25. The Bertz CT molecular complexity index is 761. The van der Waals surface area contributed by atoms with Gasteiger partial charge in [-0.25, -0.2) is 4.98 Å². The van der Waals surface area contributed by atoms with Crippen LogP contribution in [0.4, 0.5) is 11.5 Å². The molecule has 0 aliphatic carbocycles. The Kier molecular flexibility index (Phi) is 5.61. The van der Waals surface area contributed by atoms with Crippen LogP contribution in [0.1, 0.15) is 30.1 Å². The van der Waals surface area contributed by atoms with Crippen molar-refractivity contribution >= 4 is 17.3 Å². The first-order valence-corrected chi connectivity index (χ1v) is 8.81. The van der Waals surface area contributed by atoms with Crippen LogP contribution in [-0.2, 0) is 0 Å². The van der Waals surface area contributed by atoms with Gasteiger partial charge >= 0.3 is 0 Å². The summed E-state index contributed by atoms with van der Waals surface area (Å²) in [6.07, 6.45) is 3.83. The van der Waals surface area contributed by atoms with E-state index in [1.165, 1.54) is 0 Å². The molecule has 3 rings (SSSR count). The molecule has 138 valence electrons. The summed E-state index contributed by atoms with van der Waals surface area (Å²) in [5.74, 6) is 2.38. The molecule has 0 radical (unpaired) electrons. The number of aromatic nitrogens is 1. The standard InChI is InChI=1S/C20H25N3O3/c1-14(24)15-6-9-20(21-12-15)23-10-4-5-17(13-23)22-16-7-8-18(25-2)19(11-16)26-3/h6-9,11-12,17,22H,4-5,10,13H2,1-3H3/t17-/m1/s1. The van der Waals surface area contributed by atoms with E-state index in [4.69, 9.17) is 9.47 Å². The first kappa shape index (κ1) is 18.0. The summed E-state index contributed by atoms with van der Waals surface area (Å²) in [5, 5.41) is 3.58. The smallest absolute Gasteiger partial charge is 0.162 e. The van der Waals surface area contributed by atoms with Gasteiger partial charge in [0.2, 0.25) is 0 Å². The lowest BCUT2D eigenvalue weighted by Crippen LogP contribution is -2.42. The third kappa shape index (κ3) is 4.07. The van der Waals surface area contributed by atoms with E-state index in [-0.39, 0.29) is 5.78 Å². The van der Waals surface area contributed by atoms with Crippen molar-refractivity contribution in [2.24, 2.45) is 0 Å². The molecule has 1 N–H and O–H groups in total. The van der Waals surface area contributed by atoms with Crippen LogP contribution in [0.5, 0.6) is 11.5 Å². The van der Waals surface area contributed by atoms with Gasteiger partial charge in [0, 0.05) is 42.6 Å². The van der Waals surface area contributed by atoms with E-state index in [1.807, 2.05) is 30.3 Å². The van der Waals surface area contributed by atoms with Crippen LogP contribution in [0.2, 0.25) is 0 Å². The van der Waals surface area contributed by atoms with E-state index in [9.17, 15) is 4.79 Å². The van der Waals surface area contributed by atoms with E-state index in [2.05, 4.69) is 15.2 Å². The average Bonchev–Trinajstić information content (AvgIpc) is 2.68. The highest BCUT2D eigenvalue weighted by molar-refractivity contribution is 5.93. The molecule has 1 aromatic carbocycles. The minimum Gasteiger partial charge on any atom is -0.493 e. The zero-order valence-electron chi connectivity index (χ0n) is 15.5. The second-order valence-electron chi connectivity index (χ2n) is 6.46. The molecule has 1 atom stereocenters. The van der Waals surface area contributed by atoms with Gasteiger partial charge in [-0.1, -0.05) is 0 Å². The number of carbonyl (C=O) groups excluding carboxylic acids is 1. The van der Waals surface area contributed by atoms with Crippen LogP contribution in [0.15, 0.2) is 36.5 Å². The number of rotatable bonds is 6. The third-order valence-corrected chi connectivity index (χ3v) is 4.65. The Labute approximate surface area is 154 Å². The van der Waals surface area contributed by atoms with Crippen molar-refractivity contribution in [3.05, 3.63) is 42.1 Å². The molecule has 0 amide bonds. The average molecular weight is 355 g/mol. The van der Waals surface area contributed by atoms with Crippen LogP contribution in [0, 0.1) is 0 Å². The molecule has 1 aliphatic rings. The van der Waals surface area contributed by atoms with Gasteiger partial charge in [0.15, 0.2) is 17.3 Å². The maximum atomic E-state index is 11.4. The van der Waals surface area contributed by atoms with E-state index >= 15 is 0 Å². The van der Waals surface area contributed by atoms with Crippen LogP contribution in [-0.4, -0.2) is 44.1 Å². The van der Waals surface area contributed by atoms with Crippen molar-refractivity contribution in [3.63, 3.8) is 0 Å². The Hall–Kier alpha value is -2.76. The Morgan fingerprint density at radius 2 is 2.00 bits per heavy atom. The number of hydrogen-bond donors (Lipinski definition) is 1. The summed E-state index contributed by atoms with van der Waals surface area (Å²) < 4.78 is 10.7. The van der Waals surface area contributed by atoms with Gasteiger partial charge in [-0.15, -0.1) is 0 Å². The number of ether oxygens (including phenoxy) is 2. The summed E-state index contributed by atoms with van der Waals surface area (Å²) in [7, 11) is 3.27. The molecular weight excluding hydrogens is 330 g/mol. The van der Waals surface area contributed by atoms with Crippen LogP contribution >= 0.6 is 0 Å². The normalized spacial score (nSPS) is 16.9. The molecule has 2 heterocycles. The molecule has 1 aliphatic heterocycles. The van der Waals surface area contributed by atoms with Crippen LogP contribution < -0.4 is 19.7 Å². The Morgan fingerprint density at radius 3 is 2.65 bits per heavy atom. The fourth-order valence-corrected chi connectivity index (χ4v) is 3.25.